The fourth-order valence-electron chi connectivity index (χ4n) is 3.36. The number of amides is 1. The maximum absolute atomic E-state index is 12.5. The highest BCUT2D eigenvalue weighted by atomic mass is 16.3. The maximum atomic E-state index is 12.5. The Morgan fingerprint density at radius 2 is 2.08 bits per heavy atom. The average molecular weight is 342 g/mol. The van der Waals surface area contributed by atoms with Crippen LogP contribution in [0.1, 0.15) is 33.9 Å². The van der Waals surface area contributed by atoms with Crippen molar-refractivity contribution in [2.75, 3.05) is 19.7 Å². The molecule has 2 N–H and O–H groups in total. The van der Waals surface area contributed by atoms with Gasteiger partial charge in [-0.05, 0) is 44.0 Å². The molecule has 1 saturated heterocycles. The Kier molecular flexibility index (Phi) is 5.56. The molecule has 2 aromatic rings. The Labute approximate surface area is 148 Å². The number of nitrogens with zero attached hydrogens (tertiary/aromatic N) is 1. The van der Waals surface area contributed by atoms with E-state index >= 15 is 0 Å². The number of rotatable bonds is 5. The van der Waals surface area contributed by atoms with Crippen LogP contribution >= 0.6 is 0 Å². The SMILES string of the molecule is Cc1cc(C(=O)N[C@H]2CN(Cc3ccccc3)CC[C@@H]2CO)oc1C. The highest BCUT2D eigenvalue weighted by Gasteiger charge is 2.30. The fraction of sp³-hybridized carbons (Fsp3) is 0.450. The Hall–Kier alpha value is -2.11. The predicted octanol–water partition coefficient (Wildman–Crippen LogP) is 2.51. The van der Waals surface area contributed by atoms with Gasteiger partial charge in [0.1, 0.15) is 5.76 Å². The van der Waals surface area contributed by atoms with Gasteiger partial charge in [0, 0.05) is 31.7 Å². The van der Waals surface area contributed by atoms with Gasteiger partial charge in [-0.25, -0.2) is 0 Å². The first-order valence-corrected chi connectivity index (χ1v) is 8.82. The summed E-state index contributed by atoms with van der Waals surface area (Å²) in [6, 6.07) is 12.0. The van der Waals surface area contributed by atoms with Crippen LogP contribution in [0.15, 0.2) is 40.8 Å². The lowest BCUT2D eigenvalue weighted by Crippen LogP contribution is -2.53. The van der Waals surface area contributed by atoms with Gasteiger partial charge >= 0.3 is 0 Å². The average Bonchev–Trinajstić information content (AvgIpc) is 2.95. The topological polar surface area (TPSA) is 65.7 Å². The number of aliphatic hydroxyl groups excluding tert-OH is 1. The second-order valence-corrected chi connectivity index (χ2v) is 6.88. The maximum Gasteiger partial charge on any atom is 0.287 e. The van der Waals surface area contributed by atoms with E-state index in [0.29, 0.717) is 5.76 Å². The molecule has 5 nitrogen and oxygen atoms in total. The molecular formula is C20H26N2O3. The van der Waals surface area contributed by atoms with E-state index in [9.17, 15) is 9.90 Å². The molecule has 5 heteroatoms. The quantitative estimate of drug-likeness (QED) is 0.876. The summed E-state index contributed by atoms with van der Waals surface area (Å²) in [7, 11) is 0. The van der Waals surface area contributed by atoms with Crippen LogP contribution < -0.4 is 5.32 Å². The zero-order valence-electron chi connectivity index (χ0n) is 14.9. The molecule has 0 unspecified atom stereocenters. The normalized spacial score (nSPS) is 21.2. The number of furan rings is 1. The number of aryl methyl sites for hydroxylation is 2. The van der Waals surface area contributed by atoms with Gasteiger partial charge in [-0.15, -0.1) is 0 Å². The molecule has 2 heterocycles. The highest BCUT2D eigenvalue weighted by Crippen LogP contribution is 2.21. The number of aliphatic hydroxyl groups is 1. The van der Waals surface area contributed by atoms with Gasteiger partial charge in [-0.1, -0.05) is 30.3 Å². The van der Waals surface area contributed by atoms with E-state index in [4.69, 9.17) is 4.42 Å². The largest absolute Gasteiger partial charge is 0.456 e. The summed E-state index contributed by atoms with van der Waals surface area (Å²) in [5.41, 5.74) is 2.23. The molecule has 1 aliphatic rings. The van der Waals surface area contributed by atoms with E-state index in [1.54, 1.807) is 6.07 Å². The predicted molar refractivity (Wildman–Crippen MR) is 96.3 cm³/mol. The molecule has 1 aromatic heterocycles. The number of piperidine rings is 1. The third-order valence-electron chi connectivity index (χ3n) is 5.03. The zero-order chi connectivity index (χ0) is 17.8. The van der Waals surface area contributed by atoms with Gasteiger partial charge < -0.3 is 14.8 Å². The van der Waals surface area contributed by atoms with Gasteiger partial charge in [-0.3, -0.25) is 9.69 Å². The van der Waals surface area contributed by atoms with Gasteiger partial charge in [0.25, 0.3) is 5.91 Å². The lowest BCUT2D eigenvalue weighted by atomic mass is 9.92. The molecule has 1 amide bonds. The van der Waals surface area contributed by atoms with Crippen LogP contribution in [0.5, 0.6) is 0 Å². The van der Waals surface area contributed by atoms with Crippen molar-refractivity contribution in [3.05, 3.63) is 59.0 Å². The molecule has 0 saturated carbocycles. The molecule has 0 radical (unpaired) electrons. The van der Waals surface area contributed by atoms with Crippen LogP contribution in [-0.4, -0.2) is 41.7 Å². The minimum atomic E-state index is -0.207. The van der Waals surface area contributed by atoms with Crippen molar-refractivity contribution in [1.82, 2.24) is 10.2 Å². The molecule has 0 aliphatic carbocycles. The van der Waals surface area contributed by atoms with Crippen LogP contribution in [-0.2, 0) is 6.54 Å². The number of carbonyl (C=O) groups is 1. The molecule has 1 aliphatic heterocycles. The van der Waals surface area contributed by atoms with Crippen LogP contribution in [0, 0.1) is 19.8 Å². The van der Waals surface area contributed by atoms with Crippen LogP contribution in [0.4, 0.5) is 0 Å². The summed E-state index contributed by atoms with van der Waals surface area (Å²) in [5.74, 6) is 0.972. The van der Waals surface area contributed by atoms with Crippen molar-refractivity contribution in [1.29, 1.82) is 0 Å². The molecule has 134 valence electrons. The highest BCUT2D eigenvalue weighted by molar-refractivity contribution is 5.92. The van der Waals surface area contributed by atoms with Crippen LogP contribution in [0.25, 0.3) is 0 Å². The first-order chi connectivity index (χ1) is 12.1. The molecule has 0 spiro atoms. The molecule has 0 bridgehead atoms. The van der Waals surface area contributed by atoms with Crippen molar-refractivity contribution >= 4 is 5.91 Å². The lowest BCUT2D eigenvalue weighted by Gasteiger charge is -2.38. The number of carbonyl (C=O) groups excluding carboxylic acids is 1. The Bertz CT molecular complexity index is 691. The van der Waals surface area contributed by atoms with Gasteiger partial charge in [0.15, 0.2) is 5.76 Å². The number of hydrogen-bond acceptors (Lipinski definition) is 4. The van der Waals surface area contributed by atoms with E-state index in [-0.39, 0.29) is 24.5 Å². The molecule has 3 rings (SSSR count). The van der Waals surface area contributed by atoms with E-state index < -0.39 is 0 Å². The van der Waals surface area contributed by atoms with E-state index in [2.05, 4.69) is 22.3 Å². The monoisotopic (exact) mass is 342 g/mol. The van der Waals surface area contributed by atoms with E-state index in [1.165, 1.54) is 5.56 Å². The van der Waals surface area contributed by atoms with Crippen molar-refractivity contribution in [3.63, 3.8) is 0 Å². The number of hydrogen-bond donors (Lipinski definition) is 2. The van der Waals surface area contributed by atoms with E-state index in [0.717, 1.165) is 37.4 Å². The van der Waals surface area contributed by atoms with Crippen molar-refractivity contribution in [2.24, 2.45) is 5.92 Å². The molecule has 1 aromatic carbocycles. The van der Waals surface area contributed by atoms with Crippen LogP contribution in [0.3, 0.4) is 0 Å². The van der Waals surface area contributed by atoms with Gasteiger partial charge in [0.05, 0.1) is 0 Å². The summed E-state index contributed by atoms with van der Waals surface area (Å²) >= 11 is 0. The molecule has 25 heavy (non-hydrogen) atoms. The summed E-state index contributed by atoms with van der Waals surface area (Å²) in [5, 5.41) is 12.7. The molecule has 2 atom stereocenters. The van der Waals surface area contributed by atoms with Crippen molar-refractivity contribution in [3.8, 4) is 0 Å². The summed E-state index contributed by atoms with van der Waals surface area (Å²) in [4.78, 5) is 14.8. The summed E-state index contributed by atoms with van der Waals surface area (Å²) < 4.78 is 5.52. The zero-order valence-corrected chi connectivity index (χ0v) is 14.9. The lowest BCUT2D eigenvalue weighted by molar-refractivity contribution is 0.0710. The fourth-order valence-corrected chi connectivity index (χ4v) is 3.36. The minimum absolute atomic E-state index is 0.0770. The Morgan fingerprint density at radius 3 is 2.72 bits per heavy atom. The summed E-state index contributed by atoms with van der Waals surface area (Å²) in [6.45, 7) is 6.36. The molecular weight excluding hydrogens is 316 g/mol. The minimum Gasteiger partial charge on any atom is -0.456 e. The standard InChI is InChI=1S/C20H26N2O3/c1-14-10-19(25-15(14)2)20(24)21-18-12-22(9-8-17(18)13-23)11-16-6-4-3-5-7-16/h3-7,10,17-18,23H,8-9,11-13H2,1-2H3,(H,21,24)/t17-,18+/m1/s1. The number of nitrogens with one attached hydrogen (secondary N) is 1. The number of likely N-dealkylation sites (tertiary alicyclic amines) is 1. The van der Waals surface area contributed by atoms with Crippen LogP contribution in [0.2, 0.25) is 0 Å². The first-order valence-electron chi connectivity index (χ1n) is 8.82. The Balaban J connectivity index is 1.65. The third kappa shape index (κ3) is 4.30. The van der Waals surface area contributed by atoms with Crippen molar-refractivity contribution < 1.29 is 14.3 Å². The van der Waals surface area contributed by atoms with Gasteiger partial charge in [0.2, 0.25) is 0 Å². The second-order valence-electron chi connectivity index (χ2n) is 6.88. The Morgan fingerprint density at radius 1 is 1.32 bits per heavy atom. The summed E-state index contributed by atoms with van der Waals surface area (Å²) in [6.07, 6.45) is 0.866. The number of benzene rings is 1. The van der Waals surface area contributed by atoms with E-state index in [1.807, 2.05) is 32.0 Å². The first kappa shape index (κ1) is 17.7. The smallest absolute Gasteiger partial charge is 0.287 e. The molecule has 1 fully saturated rings. The third-order valence-corrected chi connectivity index (χ3v) is 5.03. The van der Waals surface area contributed by atoms with Gasteiger partial charge in [-0.2, -0.15) is 0 Å². The van der Waals surface area contributed by atoms with Crippen molar-refractivity contribution in [2.45, 2.75) is 32.9 Å². The second kappa shape index (κ2) is 7.85.